The molecule has 1 aliphatic rings. The van der Waals surface area contributed by atoms with Crippen molar-refractivity contribution >= 4 is 11.6 Å². The minimum Gasteiger partial charge on any atom is -0.373 e. The second-order valence-corrected chi connectivity index (χ2v) is 6.56. The smallest absolute Gasteiger partial charge is 0.373 e. The summed E-state index contributed by atoms with van der Waals surface area (Å²) in [4.78, 5) is 12.8. The fraction of sp³-hybridized carbons (Fsp3) is 0.350. The van der Waals surface area contributed by atoms with E-state index in [1.165, 1.54) is 6.07 Å². The maximum absolute atomic E-state index is 13.1. The number of carbonyl (C=O) groups excluding carboxylic acids is 1. The lowest BCUT2D eigenvalue weighted by Gasteiger charge is -2.31. The lowest BCUT2D eigenvalue weighted by molar-refractivity contribution is -0.137. The minimum atomic E-state index is -4.51. The molecule has 1 heterocycles. The van der Waals surface area contributed by atoms with E-state index in [0.29, 0.717) is 18.6 Å². The number of alkyl halides is 3. The molecule has 0 spiro atoms. The highest BCUT2D eigenvalue weighted by Crippen LogP contribution is 2.35. The molecule has 0 bridgehead atoms. The first-order valence-corrected chi connectivity index (χ1v) is 8.77. The first-order chi connectivity index (χ1) is 12.9. The van der Waals surface area contributed by atoms with Crippen molar-refractivity contribution in [2.75, 3.05) is 11.9 Å². The lowest BCUT2D eigenvalue weighted by Crippen LogP contribution is -2.33. The van der Waals surface area contributed by atoms with Gasteiger partial charge in [0.15, 0.2) is 0 Å². The summed E-state index contributed by atoms with van der Waals surface area (Å²) in [7, 11) is 0. The molecule has 144 valence electrons. The Balaban J connectivity index is 1.83. The number of ether oxygens (including phenoxy) is 1. The Kier molecular flexibility index (Phi) is 5.82. The van der Waals surface area contributed by atoms with Crippen LogP contribution in [0.1, 0.15) is 35.6 Å². The molecule has 27 heavy (non-hydrogen) atoms. The molecule has 0 aliphatic carbocycles. The molecule has 0 radical (unpaired) electrons. The summed E-state index contributed by atoms with van der Waals surface area (Å²) in [5.41, 5.74) is 5.94. The molecule has 2 atom stereocenters. The van der Waals surface area contributed by atoms with Crippen LogP contribution >= 0.6 is 0 Å². The van der Waals surface area contributed by atoms with Crippen LogP contribution in [0.2, 0.25) is 0 Å². The first kappa shape index (κ1) is 19.4. The predicted molar refractivity (Wildman–Crippen MR) is 95.8 cm³/mol. The molecule has 1 aliphatic heterocycles. The van der Waals surface area contributed by atoms with Gasteiger partial charge in [0.25, 0.3) is 0 Å². The van der Waals surface area contributed by atoms with E-state index in [2.05, 4.69) is 5.32 Å². The fourth-order valence-corrected chi connectivity index (χ4v) is 3.30. The Morgan fingerprint density at radius 2 is 1.93 bits per heavy atom. The van der Waals surface area contributed by atoms with Crippen LogP contribution in [0.5, 0.6) is 0 Å². The summed E-state index contributed by atoms with van der Waals surface area (Å²) in [6.07, 6.45) is -3.60. The zero-order valence-electron chi connectivity index (χ0n) is 14.6. The number of amides is 1. The van der Waals surface area contributed by atoms with Gasteiger partial charge >= 0.3 is 6.18 Å². The van der Waals surface area contributed by atoms with E-state index in [0.717, 1.165) is 24.1 Å². The van der Waals surface area contributed by atoms with Gasteiger partial charge in [0, 0.05) is 18.8 Å². The van der Waals surface area contributed by atoms with Gasteiger partial charge in [0.2, 0.25) is 5.91 Å². The van der Waals surface area contributed by atoms with Crippen LogP contribution in [0.3, 0.4) is 0 Å². The zero-order chi connectivity index (χ0) is 19.4. The van der Waals surface area contributed by atoms with Crippen molar-refractivity contribution in [3.05, 3.63) is 65.2 Å². The second-order valence-electron chi connectivity index (χ2n) is 6.56. The standard InChI is InChI=1S/C20H21F3N2O2/c21-20(22,23)15-9-13(12-24)10-16(11-15)25-19(26)17-7-4-8-27-18(17)14-5-2-1-3-6-14/h1-3,5-6,9-11,17-18H,4,7-8,12,24H2,(H,25,26). The molecule has 2 aromatic rings. The predicted octanol–water partition coefficient (Wildman–Crippen LogP) is 4.27. The molecule has 3 N–H and O–H groups in total. The molecular formula is C20H21F3N2O2. The highest BCUT2D eigenvalue weighted by molar-refractivity contribution is 5.93. The number of anilines is 1. The van der Waals surface area contributed by atoms with Gasteiger partial charge in [-0.15, -0.1) is 0 Å². The molecule has 1 saturated heterocycles. The Morgan fingerprint density at radius 3 is 2.59 bits per heavy atom. The molecule has 2 aromatic carbocycles. The third-order valence-corrected chi connectivity index (χ3v) is 4.61. The van der Waals surface area contributed by atoms with Crippen molar-refractivity contribution in [1.29, 1.82) is 0 Å². The van der Waals surface area contributed by atoms with Crippen LogP contribution in [0.25, 0.3) is 0 Å². The monoisotopic (exact) mass is 378 g/mol. The van der Waals surface area contributed by atoms with E-state index in [1.54, 1.807) is 0 Å². The maximum atomic E-state index is 13.1. The van der Waals surface area contributed by atoms with Crippen molar-refractivity contribution in [1.82, 2.24) is 0 Å². The maximum Gasteiger partial charge on any atom is 0.416 e. The van der Waals surface area contributed by atoms with Crippen LogP contribution in [0.4, 0.5) is 18.9 Å². The molecule has 2 unspecified atom stereocenters. The molecule has 0 aromatic heterocycles. The molecule has 3 rings (SSSR count). The van der Waals surface area contributed by atoms with Crippen LogP contribution in [-0.2, 0) is 22.3 Å². The number of halogens is 3. The number of carbonyl (C=O) groups is 1. The molecule has 1 fully saturated rings. The van der Waals surface area contributed by atoms with Gasteiger partial charge < -0.3 is 15.8 Å². The number of nitrogens with one attached hydrogen (secondary N) is 1. The molecular weight excluding hydrogens is 357 g/mol. The van der Waals surface area contributed by atoms with E-state index >= 15 is 0 Å². The highest BCUT2D eigenvalue weighted by Gasteiger charge is 2.34. The van der Waals surface area contributed by atoms with Crippen LogP contribution < -0.4 is 11.1 Å². The van der Waals surface area contributed by atoms with Crippen molar-refractivity contribution < 1.29 is 22.7 Å². The summed E-state index contributed by atoms with van der Waals surface area (Å²) in [6, 6.07) is 12.8. The molecule has 0 saturated carbocycles. The van der Waals surface area contributed by atoms with Gasteiger partial charge in [-0.1, -0.05) is 30.3 Å². The summed E-state index contributed by atoms with van der Waals surface area (Å²) >= 11 is 0. The first-order valence-electron chi connectivity index (χ1n) is 8.77. The van der Waals surface area contributed by atoms with Crippen molar-refractivity contribution in [3.63, 3.8) is 0 Å². The van der Waals surface area contributed by atoms with Crippen LogP contribution in [-0.4, -0.2) is 12.5 Å². The minimum absolute atomic E-state index is 0.0496. The Morgan fingerprint density at radius 1 is 1.19 bits per heavy atom. The normalized spacial score (nSPS) is 20.3. The van der Waals surface area contributed by atoms with Gasteiger partial charge in [0.1, 0.15) is 0 Å². The zero-order valence-corrected chi connectivity index (χ0v) is 14.6. The number of nitrogens with two attached hydrogens (primary N) is 1. The van der Waals surface area contributed by atoms with Gasteiger partial charge in [-0.2, -0.15) is 13.2 Å². The van der Waals surface area contributed by atoms with Crippen LogP contribution in [0.15, 0.2) is 48.5 Å². The third kappa shape index (κ3) is 4.67. The van der Waals surface area contributed by atoms with Gasteiger partial charge in [-0.05, 0) is 42.2 Å². The summed E-state index contributed by atoms with van der Waals surface area (Å²) in [6.45, 7) is 0.496. The SMILES string of the molecule is NCc1cc(NC(=O)C2CCCOC2c2ccccc2)cc(C(F)(F)F)c1. The van der Waals surface area contributed by atoms with E-state index in [1.807, 2.05) is 30.3 Å². The second kappa shape index (κ2) is 8.10. The highest BCUT2D eigenvalue weighted by atomic mass is 19.4. The Labute approximate surface area is 155 Å². The lowest BCUT2D eigenvalue weighted by atomic mass is 9.88. The van der Waals surface area contributed by atoms with Gasteiger partial charge in [-0.25, -0.2) is 0 Å². The Bertz CT molecular complexity index is 794. The van der Waals surface area contributed by atoms with Crippen molar-refractivity contribution in [2.45, 2.75) is 31.7 Å². The summed E-state index contributed by atoms with van der Waals surface area (Å²) in [5, 5.41) is 2.62. The summed E-state index contributed by atoms with van der Waals surface area (Å²) < 4.78 is 45.1. The van der Waals surface area contributed by atoms with E-state index in [9.17, 15) is 18.0 Å². The number of hydrogen-bond donors (Lipinski definition) is 2. The number of benzene rings is 2. The quantitative estimate of drug-likeness (QED) is 0.835. The average Bonchev–Trinajstić information content (AvgIpc) is 2.67. The largest absolute Gasteiger partial charge is 0.416 e. The molecule has 7 heteroatoms. The number of hydrogen-bond acceptors (Lipinski definition) is 3. The molecule has 1 amide bonds. The van der Waals surface area contributed by atoms with E-state index in [4.69, 9.17) is 10.5 Å². The Hall–Kier alpha value is -2.38. The average molecular weight is 378 g/mol. The van der Waals surface area contributed by atoms with Crippen molar-refractivity contribution in [2.24, 2.45) is 11.7 Å². The van der Waals surface area contributed by atoms with Gasteiger partial charge in [0.05, 0.1) is 17.6 Å². The number of rotatable bonds is 4. The van der Waals surface area contributed by atoms with Crippen LogP contribution in [0, 0.1) is 5.92 Å². The topological polar surface area (TPSA) is 64.3 Å². The third-order valence-electron chi connectivity index (χ3n) is 4.61. The van der Waals surface area contributed by atoms with E-state index in [-0.39, 0.29) is 18.1 Å². The fourth-order valence-electron chi connectivity index (χ4n) is 3.30. The van der Waals surface area contributed by atoms with E-state index < -0.39 is 23.8 Å². The molecule has 4 nitrogen and oxygen atoms in total. The van der Waals surface area contributed by atoms with Crippen molar-refractivity contribution in [3.8, 4) is 0 Å². The summed E-state index contributed by atoms with van der Waals surface area (Å²) in [5.74, 6) is -0.831. The van der Waals surface area contributed by atoms with Gasteiger partial charge in [-0.3, -0.25) is 4.79 Å².